The smallest absolute Gasteiger partial charge is 0.169 e. The maximum absolute atomic E-state index is 5.44. The van der Waals surface area contributed by atoms with E-state index in [2.05, 4.69) is 26.6 Å². The largest absolute Gasteiger partial charge is 0.453 e. The first-order valence-electron chi connectivity index (χ1n) is 4.05. The van der Waals surface area contributed by atoms with Gasteiger partial charge in [0.1, 0.15) is 5.76 Å². The molecule has 1 aromatic rings. The molecule has 2 N–H and O–H groups in total. The zero-order chi connectivity index (χ0) is 8.39. The highest BCUT2D eigenvalue weighted by Gasteiger charge is 2.16. The van der Waals surface area contributed by atoms with Gasteiger partial charge in [0, 0.05) is 19.6 Å². The van der Waals surface area contributed by atoms with Crippen LogP contribution in [0, 0.1) is 0 Å². The summed E-state index contributed by atoms with van der Waals surface area (Å²) in [7, 11) is 0. The Kier molecular flexibility index (Phi) is 2.48. The molecule has 2 heterocycles. The summed E-state index contributed by atoms with van der Waals surface area (Å²) in [5.41, 5.74) is 0. The minimum absolute atomic E-state index is 0.324. The molecule has 1 aliphatic rings. The fraction of sp³-hybridized carbons (Fsp3) is 0.500. The third kappa shape index (κ3) is 1.71. The van der Waals surface area contributed by atoms with E-state index in [1.807, 2.05) is 12.1 Å². The Morgan fingerprint density at radius 3 is 2.92 bits per heavy atom. The fourth-order valence-corrected chi connectivity index (χ4v) is 1.69. The summed E-state index contributed by atoms with van der Waals surface area (Å²) >= 11 is 3.28. The summed E-state index contributed by atoms with van der Waals surface area (Å²) in [6, 6.07) is 4.24. The van der Waals surface area contributed by atoms with Crippen molar-refractivity contribution in [1.82, 2.24) is 10.6 Å². The summed E-state index contributed by atoms with van der Waals surface area (Å²) in [5.74, 6) is 0.995. The van der Waals surface area contributed by atoms with Gasteiger partial charge in [0.2, 0.25) is 0 Å². The summed E-state index contributed by atoms with van der Waals surface area (Å²) in [5, 5.41) is 6.68. The molecule has 2 rings (SSSR count). The molecule has 3 nitrogen and oxygen atoms in total. The lowest BCUT2D eigenvalue weighted by molar-refractivity contribution is 0.357. The van der Waals surface area contributed by atoms with Gasteiger partial charge in [-0.05, 0) is 28.1 Å². The van der Waals surface area contributed by atoms with Crippen LogP contribution in [0.2, 0.25) is 0 Å². The maximum Gasteiger partial charge on any atom is 0.169 e. The molecule has 1 aliphatic heterocycles. The van der Waals surface area contributed by atoms with Crippen molar-refractivity contribution < 1.29 is 4.42 Å². The Hall–Kier alpha value is -0.320. The molecule has 1 fully saturated rings. The number of rotatable bonds is 1. The molecule has 1 atom stereocenters. The van der Waals surface area contributed by atoms with Gasteiger partial charge in [0.15, 0.2) is 4.67 Å². The quantitative estimate of drug-likeness (QED) is 0.764. The van der Waals surface area contributed by atoms with E-state index in [0.29, 0.717) is 6.04 Å². The maximum atomic E-state index is 5.44. The van der Waals surface area contributed by atoms with Crippen LogP contribution in [0.25, 0.3) is 0 Å². The standard InChI is InChI=1S/C8H11BrN2O/c9-8-2-1-7(12-8)6-5-10-3-4-11-6/h1-2,6,10-11H,3-5H2/t6-/m1/s1. The minimum Gasteiger partial charge on any atom is -0.453 e. The average molecular weight is 231 g/mol. The van der Waals surface area contributed by atoms with E-state index in [1.54, 1.807) is 0 Å². The second-order valence-corrected chi connectivity index (χ2v) is 3.63. The Balaban J connectivity index is 2.08. The second-order valence-electron chi connectivity index (χ2n) is 2.85. The Labute approximate surface area is 79.6 Å². The molecule has 66 valence electrons. The van der Waals surface area contributed by atoms with Crippen LogP contribution in [0.15, 0.2) is 21.2 Å². The highest BCUT2D eigenvalue weighted by atomic mass is 79.9. The fourth-order valence-electron chi connectivity index (χ4n) is 1.37. The molecule has 1 aromatic heterocycles. The van der Waals surface area contributed by atoms with Crippen molar-refractivity contribution in [3.63, 3.8) is 0 Å². The summed E-state index contributed by atoms with van der Waals surface area (Å²) in [6.07, 6.45) is 0. The van der Waals surface area contributed by atoms with Crippen LogP contribution < -0.4 is 10.6 Å². The van der Waals surface area contributed by atoms with Gasteiger partial charge in [-0.1, -0.05) is 0 Å². The van der Waals surface area contributed by atoms with E-state index >= 15 is 0 Å². The number of halogens is 1. The van der Waals surface area contributed by atoms with Gasteiger partial charge in [-0.25, -0.2) is 0 Å². The van der Waals surface area contributed by atoms with Crippen molar-refractivity contribution in [3.8, 4) is 0 Å². The van der Waals surface area contributed by atoms with Crippen molar-refractivity contribution in [2.45, 2.75) is 6.04 Å². The van der Waals surface area contributed by atoms with Crippen LogP contribution in [-0.2, 0) is 0 Å². The Morgan fingerprint density at radius 2 is 2.33 bits per heavy atom. The van der Waals surface area contributed by atoms with Crippen LogP contribution in [0.5, 0.6) is 0 Å². The zero-order valence-corrected chi connectivity index (χ0v) is 8.23. The van der Waals surface area contributed by atoms with E-state index in [-0.39, 0.29) is 0 Å². The third-order valence-electron chi connectivity index (χ3n) is 1.98. The Morgan fingerprint density at radius 1 is 1.42 bits per heavy atom. The lowest BCUT2D eigenvalue weighted by atomic mass is 10.2. The number of furan rings is 1. The monoisotopic (exact) mass is 230 g/mol. The number of piperazine rings is 1. The van der Waals surface area contributed by atoms with Gasteiger partial charge >= 0.3 is 0 Å². The van der Waals surface area contributed by atoms with Gasteiger partial charge in [-0.2, -0.15) is 0 Å². The van der Waals surface area contributed by atoms with Gasteiger partial charge in [-0.15, -0.1) is 0 Å². The van der Waals surface area contributed by atoms with E-state index in [9.17, 15) is 0 Å². The van der Waals surface area contributed by atoms with E-state index in [0.717, 1.165) is 30.1 Å². The van der Waals surface area contributed by atoms with Crippen molar-refractivity contribution in [2.75, 3.05) is 19.6 Å². The average Bonchev–Trinajstić information content (AvgIpc) is 2.54. The predicted molar refractivity (Wildman–Crippen MR) is 50.0 cm³/mol. The lowest BCUT2D eigenvalue weighted by Crippen LogP contribution is -2.42. The molecule has 0 aromatic carbocycles. The molecule has 12 heavy (non-hydrogen) atoms. The first-order valence-corrected chi connectivity index (χ1v) is 4.85. The first-order chi connectivity index (χ1) is 5.86. The molecular weight excluding hydrogens is 220 g/mol. The number of nitrogens with one attached hydrogen (secondary N) is 2. The van der Waals surface area contributed by atoms with Gasteiger partial charge < -0.3 is 15.1 Å². The van der Waals surface area contributed by atoms with E-state index in [1.165, 1.54) is 0 Å². The van der Waals surface area contributed by atoms with Crippen LogP contribution in [0.1, 0.15) is 11.8 Å². The number of hydrogen-bond acceptors (Lipinski definition) is 3. The Bertz CT molecular complexity index is 255. The van der Waals surface area contributed by atoms with Crippen LogP contribution in [-0.4, -0.2) is 19.6 Å². The minimum atomic E-state index is 0.324. The van der Waals surface area contributed by atoms with Crippen molar-refractivity contribution in [1.29, 1.82) is 0 Å². The third-order valence-corrected chi connectivity index (χ3v) is 2.40. The summed E-state index contributed by atoms with van der Waals surface area (Å²) in [4.78, 5) is 0. The lowest BCUT2D eigenvalue weighted by Gasteiger charge is -2.22. The highest BCUT2D eigenvalue weighted by molar-refractivity contribution is 9.10. The molecule has 0 bridgehead atoms. The highest BCUT2D eigenvalue weighted by Crippen LogP contribution is 2.20. The molecule has 0 spiro atoms. The number of hydrogen-bond donors (Lipinski definition) is 2. The van der Waals surface area contributed by atoms with Crippen LogP contribution >= 0.6 is 15.9 Å². The van der Waals surface area contributed by atoms with E-state index < -0.39 is 0 Å². The molecule has 0 unspecified atom stereocenters. The predicted octanol–water partition coefficient (Wildman–Crippen LogP) is 1.28. The van der Waals surface area contributed by atoms with Gasteiger partial charge in [-0.3, -0.25) is 0 Å². The SMILES string of the molecule is Brc1ccc([C@H]2CNCCN2)o1. The topological polar surface area (TPSA) is 37.2 Å². The molecule has 4 heteroatoms. The van der Waals surface area contributed by atoms with Crippen molar-refractivity contribution >= 4 is 15.9 Å². The van der Waals surface area contributed by atoms with Crippen LogP contribution in [0.3, 0.4) is 0 Å². The molecule has 0 amide bonds. The normalized spacial score (nSPS) is 24.2. The van der Waals surface area contributed by atoms with Crippen molar-refractivity contribution in [3.05, 3.63) is 22.6 Å². The molecule has 0 aliphatic carbocycles. The van der Waals surface area contributed by atoms with Crippen LogP contribution in [0.4, 0.5) is 0 Å². The summed E-state index contributed by atoms with van der Waals surface area (Å²) in [6.45, 7) is 2.99. The van der Waals surface area contributed by atoms with Gasteiger partial charge in [0.05, 0.1) is 6.04 Å². The second kappa shape index (κ2) is 3.60. The van der Waals surface area contributed by atoms with Gasteiger partial charge in [0.25, 0.3) is 0 Å². The molecule has 1 saturated heterocycles. The summed E-state index contributed by atoms with van der Waals surface area (Å²) < 4.78 is 6.23. The van der Waals surface area contributed by atoms with E-state index in [4.69, 9.17) is 4.42 Å². The molecule has 0 radical (unpaired) electrons. The molecule has 0 saturated carbocycles. The van der Waals surface area contributed by atoms with Crippen molar-refractivity contribution in [2.24, 2.45) is 0 Å². The first kappa shape index (κ1) is 8.29. The molecular formula is C8H11BrN2O. The zero-order valence-electron chi connectivity index (χ0n) is 6.64.